The van der Waals surface area contributed by atoms with Crippen molar-refractivity contribution in [3.8, 4) is 0 Å². The third-order valence-electron chi connectivity index (χ3n) is 4.52. The molecule has 0 spiro atoms. The van der Waals surface area contributed by atoms with Crippen molar-refractivity contribution < 1.29 is 14.7 Å². The number of rotatable bonds is 5. The summed E-state index contributed by atoms with van der Waals surface area (Å²) in [6.07, 6.45) is 0.501. The summed E-state index contributed by atoms with van der Waals surface area (Å²) in [4.78, 5) is 26.1. The molecule has 1 atom stereocenters. The summed E-state index contributed by atoms with van der Waals surface area (Å²) >= 11 is 0. The molecule has 0 saturated heterocycles. The fourth-order valence-corrected chi connectivity index (χ4v) is 3.42. The second-order valence-corrected chi connectivity index (χ2v) is 6.40. The number of aliphatic hydroxyl groups is 1. The van der Waals surface area contributed by atoms with Gasteiger partial charge in [-0.05, 0) is 31.4 Å². The minimum Gasteiger partial charge on any atom is -0.375 e. The number of carbonyl (C=O) groups excluding carboxylic acids is 2. The highest BCUT2D eigenvalue weighted by Gasteiger charge is 2.50. The van der Waals surface area contributed by atoms with E-state index in [9.17, 15) is 14.7 Å². The number of amides is 1. The Bertz CT molecular complexity index is 785. The molecule has 0 radical (unpaired) electrons. The minimum atomic E-state index is -1.75. The maximum atomic E-state index is 12.9. The van der Waals surface area contributed by atoms with Crippen LogP contribution >= 0.6 is 0 Å². The molecule has 0 fully saturated rings. The molecule has 1 N–H and O–H groups in total. The van der Waals surface area contributed by atoms with E-state index in [-0.39, 0.29) is 12.2 Å². The first-order valence-electron chi connectivity index (χ1n) is 8.11. The molecule has 1 amide bonds. The van der Waals surface area contributed by atoms with Crippen LogP contribution in [0.1, 0.15) is 30.0 Å². The van der Waals surface area contributed by atoms with Crippen molar-refractivity contribution in [2.75, 3.05) is 11.4 Å². The highest BCUT2D eigenvalue weighted by atomic mass is 16.3. The first-order chi connectivity index (χ1) is 11.4. The maximum Gasteiger partial charge on any atom is 0.264 e. The number of carbonyl (C=O) groups is 2. The summed E-state index contributed by atoms with van der Waals surface area (Å²) in [6, 6.07) is 15.4. The monoisotopic (exact) mass is 323 g/mol. The van der Waals surface area contributed by atoms with Crippen LogP contribution in [0.25, 0.3) is 0 Å². The Kier molecular flexibility index (Phi) is 4.24. The Morgan fingerprint density at radius 2 is 1.83 bits per heavy atom. The highest BCUT2D eigenvalue weighted by molar-refractivity contribution is 6.09. The zero-order valence-electron chi connectivity index (χ0n) is 14.0. The number of benzene rings is 2. The molecule has 0 unspecified atom stereocenters. The lowest BCUT2D eigenvalue weighted by Gasteiger charge is -2.22. The maximum absolute atomic E-state index is 12.9. The average molecular weight is 323 g/mol. The van der Waals surface area contributed by atoms with E-state index in [2.05, 4.69) is 0 Å². The van der Waals surface area contributed by atoms with E-state index in [4.69, 9.17) is 0 Å². The van der Waals surface area contributed by atoms with Gasteiger partial charge in [0, 0.05) is 18.5 Å². The molecule has 0 aliphatic carbocycles. The van der Waals surface area contributed by atoms with E-state index in [0.29, 0.717) is 18.5 Å². The molecule has 0 bridgehead atoms. The Hall–Kier alpha value is -2.46. The Balaban J connectivity index is 1.96. The number of para-hydroxylation sites is 1. The van der Waals surface area contributed by atoms with Gasteiger partial charge in [0.25, 0.3) is 5.91 Å². The second-order valence-electron chi connectivity index (χ2n) is 6.40. The van der Waals surface area contributed by atoms with Crippen molar-refractivity contribution in [3.05, 3.63) is 65.2 Å². The number of ketones is 1. The van der Waals surface area contributed by atoms with Gasteiger partial charge in [0.1, 0.15) is 5.78 Å². The smallest absolute Gasteiger partial charge is 0.264 e. The Morgan fingerprint density at radius 1 is 1.12 bits per heavy atom. The summed E-state index contributed by atoms with van der Waals surface area (Å²) in [5.74, 6) is -0.610. The van der Waals surface area contributed by atoms with Gasteiger partial charge in [-0.2, -0.15) is 0 Å². The summed E-state index contributed by atoms with van der Waals surface area (Å²) in [5.41, 5.74) is 1.58. The number of fused-ring (bicyclic) bond motifs is 1. The lowest BCUT2D eigenvalue weighted by molar-refractivity contribution is -0.141. The molecule has 4 nitrogen and oxygen atoms in total. The fourth-order valence-electron chi connectivity index (χ4n) is 3.42. The van der Waals surface area contributed by atoms with Crippen molar-refractivity contribution in [2.45, 2.75) is 32.3 Å². The van der Waals surface area contributed by atoms with Crippen LogP contribution in [0.2, 0.25) is 0 Å². The van der Waals surface area contributed by atoms with Crippen LogP contribution < -0.4 is 4.90 Å². The first-order valence-corrected chi connectivity index (χ1v) is 8.11. The fraction of sp³-hybridized carbons (Fsp3) is 0.300. The van der Waals surface area contributed by atoms with Gasteiger partial charge in [-0.15, -0.1) is 0 Å². The van der Waals surface area contributed by atoms with Gasteiger partial charge < -0.3 is 10.0 Å². The van der Waals surface area contributed by atoms with E-state index < -0.39 is 11.5 Å². The molecule has 124 valence electrons. The number of nitrogens with zero attached hydrogens (tertiary/aromatic N) is 1. The van der Waals surface area contributed by atoms with Gasteiger partial charge in [-0.3, -0.25) is 9.59 Å². The molecule has 3 rings (SSSR count). The van der Waals surface area contributed by atoms with Crippen molar-refractivity contribution in [1.29, 1.82) is 0 Å². The minimum absolute atomic E-state index is 0.190. The van der Waals surface area contributed by atoms with Crippen molar-refractivity contribution in [3.63, 3.8) is 0 Å². The topological polar surface area (TPSA) is 57.6 Å². The lowest BCUT2D eigenvalue weighted by atomic mass is 9.89. The van der Waals surface area contributed by atoms with Crippen molar-refractivity contribution in [1.82, 2.24) is 0 Å². The average Bonchev–Trinajstić information content (AvgIpc) is 2.76. The SMILES string of the molecule is CC(=O)C[C@]1(O)C(=O)N(CCc2ccccc2)c2c(C)cccc21. The molecule has 1 aliphatic heterocycles. The molecule has 4 heteroatoms. The molecule has 2 aromatic rings. The predicted octanol–water partition coefficient (Wildman–Crippen LogP) is 2.75. The van der Waals surface area contributed by atoms with Gasteiger partial charge in [-0.1, -0.05) is 48.5 Å². The molecule has 0 saturated carbocycles. The Labute approximate surface area is 141 Å². The number of hydrogen-bond donors (Lipinski definition) is 1. The van der Waals surface area contributed by atoms with Gasteiger partial charge in [0.15, 0.2) is 5.60 Å². The Morgan fingerprint density at radius 3 is 2.50 bits per heavy atom. The van der Waals surface area contributed by atoms with Gasteiger partial charge >= 0.3 is 0 Å². The molecule has 1 aliphatic rings. The third-order valence-corrected chi connectivity index (χ3v) is 4.52. The number of hydrogen-bond acceptors (Lipinski definition) is 3. The number of aryl methyl sites for hydroxylation is 1. The van der Waals surface area contributed by atoms with Crippen LogP contribution in [0.4, 0.5) is 5.69 Å². The number of anilines is 1. The number of Topliss-reactive ketones (excluding diaryl/α,β-unsaturated/α-hetero) is 1. The highest BCUT2D eigenvalue weighted by Crippen LogP contribution is 2.44. The van der Waals surface area contributed by atoms with Crippen LogP contribution in [0, 0.1) is 6.92 Å². The van der Waals surface area contributed by atoms with E-state index in [1.807, 2.05) is 49.4 Å². The molecule has 1 heterocycles. The zero-order chi connectivity index (χ0) is 17.3. The summed E-state index contributed by atoms with van der Waals surface area (Å²) in [7, 11) is 0. The van der Waals surface area contributed by atoms with E-state index in [0.717, 1.165) is 16.8 Å². The van der Waals surface area contributed by atoms with E-state index in [1.165, 1.54) is 6.92 Å². The predicted molar refractivity (Wildman–Crippen MR) is 92.9 cm³/mol. The van der Waals surface area contributed by atoms with Gasteiger partial charge in [0.05, 0.1) is 5.69 Å². The quantitative estimate of drug-likeness (QED) is 0.920. The molecule has 0 aromatic heterocycles. The largest absolute Gasteiger partial charge is 0.375 e. The van der Waals surface area contributed by atoms with Crippen LogP contribution in [-0.2, 0) is 21.6 Å². The van der Waals surface area contributed by atoms with Crippen LogP contribution in [-0.4, -0.2) is 23.3 Å². The zero-order valence-corrected chi connectivity index (χ0v) is 14.0. The second kappa shape index (κ2) is 6.21. The molecule has 24 heavy (non-hydrogen) atoms. The molecule has 2 aromatic carbocycles. The van der Waals surface area contributed by atoms with Crippen molar-refractivity contribution >= 4 is 17.4 Å². The summed E-state index contributed by atoms with van der Waals surface area (Å²) < 4.78 is 0. The summed E-state index contributed by atoms with van der Waals surface area (Å²) in [5, 5.41) is 11.0. The van der Waals surface area contributed by atoms with Crippen LogP contribution in [0.15, 0.2) is 48.5 Å². The normalized spacial score (nSPS) is 19.5. The molecular weight excluding hydrogens is 302 g/mol. The van der Waals surface area contributed by atoms with Crippen molar-refractivity contribution in [2.24, 2.45) is 0 Å². The standard InChI is InChI=1S/C20H21NO3/c1-14-7-6-10-17-18(14)21(12-11-16-8-4-3-5-9-16)19(23)20(17,24)13-15(2)22/h3-10,24H,11-13H2,1-2H3/t20-/m1/s1. The van der Waals surface area contributed by atoms with E-state index in [1.54, 1.807) is 11.0 Å². The molecular formula is C20H21NO3. The van der Waals surface area contributed by atoms with Crippen LogP contribution in [0.5, 0.6) is 0 Å². The summed E-state index contributed by atoms with van der Waals surface area (Å²) in [6.45, 7) is 3.79. The van der Waals surface area contributed by atoms with Gasteiger partial charge in [-0.25, -0.2) is 0 Å². The van der Waals surface area contributed by atoms with E-state index >= 15 is 0 Å². The van der Waals surface area contributed by atoms with Gasteiger partial charge in [0.2, 0.25) is 0 Å². The van der Waals surface area contributed by atoms with Crippen LogP contribution in [0.3, 0.4) is 0 Å². The lowest BCUT2D eigenvalue weighted by Crippen LogP contribution is -2.42. The third kappa shape index (κ3) is 2.74. The first kappa shape index (κ1) is 16.4.